The molecule has 0 amide bonds. The monoisotopic (exact) mass is 191 g/mol. The fourth-order valence-corrected chi connectivity index (χ4v) is 0.962. The second-order valence-electron chi connectivity index (χ2n) is 3.20. The summed E-state index contributed by atoms with van der Waals surface area (Å²) in [6, 6.07) is -0.745. The lowest BCUT2D eigenvalue weighted by Crippen LogP contribution is -2.48. The van der Waals surface area contributed by atoms with Crippen molar-refractivity contribution in [1.29, 1.82) is 0 Å². The number of carboxylic acids is 1. The quantitative estimate of drug-likeness (QED) is 0.500. The average molecular weight is 191 g/mol. The minimum Gasteiger partial charge on any atom is -0.480 e. The Morgan fingerprint density at radius 1 is 1.54 bits per heavy atom. The minimum atomic E-state index is -0.967. The highest BCUT2D eigenvalue weighted by molar-refractivity contribution is 5.73. The van der Waals surface area contributed by atoms with Crippen LogP contribution >= 0.6 is 0 Å². The average Bonchev–Trinajstić information content (AvgIpc) is 1.99. The third kappa shape index (κ3) is 4.82. The third-order valence-corrected chi connectivity index (χ3v) is 1.63. The number of methoxy groups -OCH3 is 1. The number of aliphatic carboxylic acids is 1. The molecule has 0 bridgehead atoms. The number of hydrogen-bond donors (Lipinski definition) is 3. The smallest absolute Gasteiger partial charge is 0.321 e. The second kappa shape index (κ2) is 5.90. The molecule has 3 N–H and O–H groups in total. The van der Waals surface area contributed by atoms with E-state index in [2.05, 4.69) is 10.1 Å². The Hall–Kier alpha value is -0.650. The molecule has 0 saturated carbocycles. The highest BCUT2D eigenvalue weighted by Gasteiger charge is 2.23. The lowest BCUT2D eigenvalue weighted by molar-refractivity contribution is -0.142. The van der Waals surface area contributed by atoms with E-state index in [4.69, 9.17) is 5.11 Å². The molecule has 0 radical (unpaired) electrons. The van der Waals surface area contributed by atoms with Crippen molar-refractivity contribution in [2.45, 2.75) is 26.1 Å². The first-order valence-corrected chi connectivity index (χ1v) is 4.15. The van der Waals surface area contributed by atoms with Crippen LogP contribution in [0.2, 0.25) is 0 Å². The molecular weight excluding hydrogens is 174 g/mol. The topological polar surface area (TPSA) is 78.8 Å². The Balaban J connectivity index is 4.02. The van der Waals surface area contributed by atoms with Crippen molar-refractivity contribution in [3.63, 3.8) is 0 Å². The highest BCUT2D eigenvalue weighted by Crippen LogP contribution is 2.02. The van der Waals surface area contributed by atoms with Gasteiger partial charge in [-0.1, -0.05) is 13.8 Å². The van der Waals surface area contributed by atoms with E-state index in [1.54, 1.807) is 13.8 Å². The van der Waals surface area contributed by atoms with Crippen LogP contribution in [0, 0.1) is 5.92 Å². The fourth-order valence-electron chi connectivity index (χ4n) is 0.962. The number of nitrogens with one attached hydrogen (secondary N) is 1. The van der Waals surface area contributed by atoms with E-state index in [-0.39, 0.29) is 12.5 Å². The Morgan fingerprint density at radius 3 is 2.38 bits per heavy atom. The number of carboxylic acid groups (broad SMARTS) is 1. The van der Waals surface area contributed by atoms with E-state index in [0.29, 0.717) is 0 Å². The number of hydrogen-bond acceptors (Lipinski definition) is 4. The van der Waals surface area contributed by atoms with Gasteiger partial charge in [-0.05, 0) is 5.92 Å². The van der Waals surface area contributed by atoms with Gasteiger partial charge in [-0.15, -0.1) is 0 Å². The number of aliphatic hydroxyl groups is 1. The molecule has 0 aliphatic rings. The third-order valence-electron chi connectivity index (χ3n) is 1.63. The molecule has 78 valence electrons. The van der Waals surface area contributed by atoms with E-state index in [9.17, 15) is 9.90 Å². The molecule has 0 fully saturated rings. The summed E-state index contributed by atoms with van der Waals surface area (Å²) in [5.41, 5.74) is 0. The van der Waals surface area contributed by atoms with E-state index in [0.717, 1.165) is 0 Å². The first kappa shape index (κ1) is 12.3. The van der Waals surface area contributed by atoms with Crippen LogP contribution in [0.3, 0.4) is 0 Å². The van der Waals surface area contributed by atoms with Gasteiger partial charge >= 0.3 is 5.97 Å². The van der Waals surface area contributed by atoms with Crippen LogP contribution in [0.25, 0.3) is 0 Å². The molecule has 13 heavy (non-hydrogen) atoms. The normalized spacial score (nSPS) is 15.8. The summed E-state index contributed by atoms with van der Waals surface area (Å²) < 4.78 is 4.66. The molecule has 5 nitrogen and oxygen atoms in total. The Bertz CT molecular complexity index is 160. The van der Waals surface area contributed by atoms with Crippen LogP contribution in [-0.2, 0) is 9.53 Å². The van der Waals surface area contributed by atoms with Gasteiger partial charge in [0.25, 0.3) is 0 Å². The number of ether oxygens (including phenoxy) is 1. The van der Waals surface area contributed by atoms with Gasteiger partial charge in [-0.3, -0.25) is 10.1 Å². The lowest BCUT2D eigenvalue weighted by atomic mass is 10.0. The number of carbonyl (C=O) groups is 1. The molecule has 0 aromatic carbocycles. The Morgan fingerprint density at radius 2 is 2.08 bits per heavy atom. The predicted molar refractivity (Wildman–Crippen MR) is 47.3 cm³/mol. The van der Waals surface area contributed by atoms with Gasteiger partial charge in [0.05, 0.1) is 6.61 Å². The maximum absolute atomic E-state index is 10.7. The molecule has 0 aliphatic carbocycles. The van der Waals surface area contributed by atoms with Gasteiger partial charge in [0, 0.05) is 7.11 Å². The maximum Gasteiger partial charge on any atom is 0.321 e. The molecule has 0 aliphatic heterocycles. The Labute approximate surface area is 77.7 Å². The fraction of sp³-hybridized carbons (Fsp3) is 0.875. The Kier molecular flexibility index (Phi) is 5.61. The lowest BCUT2D eigenvalue weighted by Gasteiger charge is -2.21. The van der Waals surface area contributed by atoms with Crippen LogP contribution in [-0.4, -0.2) is 42.2 Å². The van der Waals surface area contributed by atoms with Gasteiger partial charge in [0.1, 0.15) is 12.3 Å². The van der Waals surface area contributed by atoms with Crippen molar-refractivity contribution >= 4 is 5.97 Å². The predicted octanol–water partition coefficient (Wildman–Crippen LogP) is -0.350. The van der Waals surface area contributed by atoms with Crippen molar-refractivity contribution in [2.24, 2.45) is 5.92 Å². The SMILES string of the molecule is COC[C@H](O)N[C@@H](C(=O)O)C(C)C. The zero-order valence-corrected chi connectivity index (χ0v) is 8.15. The summed E-state index contributed by atoms with van der Waals surface area (Å²) in [4.78, 5) is 10.7. The summed E-state index contributed by atoms with van der Waals surface area (Å²) in [7, 11) is 1.44. The summed E-state index contributed by atoms with van der Waals surface area (Å²) in [6.07, 6.45) is -0.937. The number of aliphatic hydroxyl groups excluding tert-OH is 1. The molecule has 5 heteroatoms. The van der Waals surface area contributed by atoms with Gasteiger partial charge in [0.15, 0.2) is 0 Å². The summed E-state index contributed by atoms with van der Waals surface area (Å²) in [6.45, 7) is 3.62. The van der Waals surface area contributed by atoms with Crippen LogP contribution in [0.4, 0.5) is 0 Å². The van der Waals surface area contributed by atoms with E-state index in [1.807, 2.05) is 0 Å². The molecule has 0 aromatic heterocycles. The van der Waals surface area contributed by atoms with Crippen molar-refractivity contribution in [1.82, 2.24) is 5.32 Å². The summed E-state index contributed by atoms with van der Waals surface area (Å²) in [5, 5.41) is 20.5. The summed E-state index contributed by atoms with van der Waals surface area (Å²) >= 11 is 0. The molecule has 0 unspecified atom stereocenters. The van der Waals surface area contributed by atoms with E-state index in [1.165, 1.54) is 7.11 Å². The molecular formula is C8H17NO4. The van der Waals surface area contributed by atoms with Crippen LogP contribution in [0.5, 0.6) is 0 Å². The molecule has 0 saturated heterocycles. The highest BCUT2D eigenvalue weighted by atomic mass is 16.5. The first-order valence-electron chi connectivity index (χ1n) is 4.15. The van der Waals surface area contributed by atoms with Gasteiger partial charge in [-0.2, -0.15) is 0 Å². The van der Waals surface area contributed by atoms with Crippen molar-refractivity contribution in [2.75, 3.05) is 13.7 Å². The summed E-state index contributed by atoms with van der Waals surface area (Å²) in [5.74, 6) is -1.05. The van der Waals surface area contributed by atoms with Crippen molar-refractivity contribution < 1.29 is 19.7 Å². The standard InChI is InChI=1S/C8H17NO4/c1-5(2)7(8(11)12)9-6(10)4-13-3/h5-7,9-10H,4H2,1-3H3,(H,11,12)/t6-,7+/m0/s1. The molecule has 0 spiro atoms. The zero-order valence-electron chi connectivity index (χ0n) is 8.15. The largest absolute Gasteiger partial charge is 0.480 e. The molecule has 0 heterocycles. The van der Waals surface area contributed by atoms with E-state index >= 15 is 0 Å². The van der Waals surface area contributed by atoms with Crippen LogP contribution in [0.15, 0.2) is 0 Å². The minimum absolute atomic E-state index is 0.0796. The molecule has 0 aromatic rings. The first-order chi connectivity index (χ1) is 5.99. The van der Waals surface area contributed by atoms with Crippen LogP contribution < -0.4 is 5.32 Å². The molecule has 0 rings (SSSR count). The zero-order chi connectivity index (χ0) is 10.4. The van der Waals surface area contributed by atoms with E-state index < -0.39 is 18.2 Å². The van der Waals surface area contributed by atoms with Crippen molar-refractivity contribution in [3.05, 3.63) is 0 Å². The van der Waals surface area contributed by atoms with Gasteiger partial charge in [-0.25, -0.2) is 0 Å². The molecule has 2 atom stereocenters. The van der Waals surface area contributed by atoms with Gasteiger partial charge < -0.3 is 14.9 Å². The van der Waals surface area contributed by atoms with Gasteiger partial charge in [0.2, 0.25) is 0 Å². The number of rotatable bonds is 6. The van der Waals surface area contributed by atoms with Crippen molar-refractivity contribution in [3.8, 4) is 0 Å². The second-order valence-corrected chi connectivity index (χ2v) is 3.20. The maximum atomic E-state index is 10.7. The van der Waals surface area contributed by atoms with Crippen LogP contribution in [0.1, 0.15) is 13.8 Å².